The van der Waals surface area contributed by atoms with Crippen molar-refractivity contribution in [2.24, 2.45) is 0 Å². The molecular weight excluding hydrogens is 276 g/mol. The Hall–Kier alpha value is -2.10. The zero-order valence-corrected chi connectivity index (χ0v) is 14.1. The topological polar surface area (TPSA) is 42.3 Å². The molecule has 4 nitrogen and oxygen atoms in total. The number of likely N-dealkylation sites (N-methyl/N-ethyl adjacent to an activating group) is 1. The van der Waals surface area contributed by atoms with Crippen LogP contribution in [0.1, 0.15) is 30.5 Å². The Morgan fingerprint density at radius 2 is 1.68 bits per heavy atom. The van der Waals surface area contributed by atoms with Crippen LogP contribution in [-0.2, 0) is 11.3 Å². The minimum atomic E-state index is -0.113. The highest BCUT2D eigenvalue weighted by Crippen LogP contribution is 2.22. The molecular formula is C18H24N2O2. The monoisotopic (exact) mass is 300 g/mol. The molecule has 118 valence electrons. The van der Waals surface area contributed by atoms with Gasteiger partial charge in [-0.1, -0.05) is 11.6 Å². The van der Waals surface area contributed by atoms with Crippen molar-refractivity contribution in [3.63, 3.8) is 0 Å². The van der Waals surface area contributed by atoms with Gasteiger partial charge in [0.15, 0.2) is 0 Å². The van der Waals surface area contributed by atoms with Gasteiger partial charge in [0.25, 0.3) is 5.56 Å². The molecule has 0 saturated carbocycles. The standard InChI is InChI=1S/C18H24N2O2/c1-6-19(7-2)17(22)11-20-16(21)10-13(4)15-9-12(3)8-14(5)18(15)20/h8-10H,6-7,11H2,1-5H3. The average molecular weight is 300 g/mol. The summed E-state index contributed by atoms with van der Waals surface area (Å²) >= 11 is 0. The van der Waals surface area contributed by atoms with Gasteiger partial charge in [0.1, 0.15) is 6.54 Å². The van der Waals surface area contributed by atoms with Crippen LogP contribution in [0, 0.1) is 20.8 Å². The first kappa shape index (κ1) is 16.3. The van der Waals surface area contributed by atoms with E-state index >= 15 is 0 Å². The fraction of sp³-hybridized carbons (Fsp3) is 0.444. The number of pyridine rings is 1. The van der Waals surface area contributed by atoms with Crippen LogP contribution in [0.3, 0.4) is 0 Å². The predicted octanol–water partition coefficient (Wildman–Crippen LogP) is 2.80. The summed E-state index contributed by atoms with van der Waals surface area (Å²) in [5.74, 6) is -0.0165. The number of amides is 1. The van der Waals surface area contributed by atoms with Gasteiger partial charge in [-0.15, -0.1) is 0 Å². The maximum absolute atomic E-state index is 12.4. The van der Waals surface area contributed by atoms with Crippen molar-refractivity contribution in [2.45, 2.75) is 41.2 Å². The number of carbonyl (C=O) groups is 1. The van der Waals surface area contributed by atoms with E-state index in [2.05, 4.69) is 12.1 Å². The Balaban J connectivity index is 2.64. The molecule has 4 heteroatoms. The van der Waals surface area contributed by atoms with Crippen molar-refractivity contribution in [1.82, 2.24) is 9.47 Å². The van der Waals surface area contributed by atoms with Crippen LogP contribution in [-0.4, -0.2) is 28.5 Å². The summed E-state index contributed by atoms with van der Waals surface area (Å²) in [6.07, 6.45) is 0. The molecule has 0 spiro atoms. The molecule has 0 unspecified atom stereocenters. The summed E-state index contributed by atoms with van der Waals surface area (Å²) < 4.78 is 1.61. The molecule has 1 amide bonds. The van der Waals surface area contributed by atoms with Gasteiger partial charge in [-0.05, 0) is 51.8 Å². The summed E-state index contributed by atoms with van der Waals surface area (Å²) in [6.45, 7) is 11.3. The number of aromatic nitrogens is 1. The number of hydrogen-bond acceptors (Lipinski definition) is 2. The maximum Gasteiger partial charge on any atom is 0.251 e. The fourth-order valence-electron chi connectivity index (χ4n) is 3.04. The van der Waals surface area contributed by atoms with Crippen LogP contribution in [0.25, 0.3) is 10.9 Å². The van der Waals surface area contributed by atoms with Gasteiger partial charge in [0, 0.05) is 24.5 Å². The second kappa shape index (κ2) is 6.34. The first-order valence-electron chi connectivity index (χ1n) is 7.78. The van der Waals surface area contributed by atoms with E-state index in [1.807, 2.05) is 34.6 Å². The van der Waals surface area contributed by atoms with Crippen LogP contribution < -0.4 is 5.56 Å². The number of hydrogen-bond donors (Lipinski definition) is 0. The Morgan fingerprint density at radius 1 is 1.05 bits per heavy atom. The Morgan fingerprint density at radius 3 is 2.27 bits per heavy atom. The number of benzene rings is 1. The highest BCUT2D eigenvalue weighted by Gasteiger charge is 2.15. The van der Waals surface area contributed by atoms with Crippen molar-refractivity contribution >= 4 is 16.8 Å². The number of fused-ring (bicyclic) bond motifs is 1. The third-order valence-corrected chi connectivity index (χ3v) is 4.16. The smallest absolute Gasteiger partial charge is 0.251 e. The van der Waals surface area contributed by atoms with Gasteiger partial charge in [-0.3, -0.25) is 14.2 Å². The lowest BCUT2D eigenvalue weighted by Crippen LogP contribution is -2.36. The van der Waals surface area contributed by atoms with E-state index in [4.69, 9.17) is 0 Å². The molecule has 1 heterocycles. The minimum Gasteiger partial charge on any atom is -0.342 e. The van der Waals surface area contributed by atoms with Gasteiger partial charge in [0.2, 0.25) is 5.91 Å². The van der Waals surface area contributed by atoms with E-state index in [0.717, 1.165) is 27.6 Å². The average Bonchev–Trinajstić information content (AvgIpc) is 2.44. The summed E-state index contributed by atoms with van der Waals surface area (Å²) in [6, 6.07) is 5.76. The quantitative estimate of drug-likeness (QED) is 0.871. The molecule has 0 atom stereocenters. The second-order valence-corrected chi connectivity index (χ2v) is 5.80. The lowest BCUT2D eigenvalue weighted by molar-refractivity contribution is -0.131. The Bertz CT molecular complexity index is 771. The molecule has 0 aliphatic heterocycles. The zero-order valence-electron chi connectivity index (χ0n) is 14.1. The lowest BCUT2D eigenvalue weighted by atomic mass is 10.0. The maximum atomic E-state index is 12.4. The normalized spacial score (nSPS) is 11.0. The molecule has 2 rings (SSSR count). The number of carbonyl (C=O) groups excluding carboxylic acids is 1. The van der Waals surface area contributed by atoms with Crippen LogP contribution in [0.2, 0.25) is 0 Å². The molecule has 0 aliphatic carbocycles. The summed E-state index contributed by atoms with van der Waals surface area (Å²) in [5.41, 5.74) is 3.91. The molecule has 0 saturated heterocycles. The third kappa shape index (κ3) is 2.91. The predicted molar refractivity (Wildman–Crippen MR) is 90.3 cm³/mol. The van der Waals surface area contributed by atoms with Gasteiger partial charge in [0.05, 0.1) is 5.52 Å². The number of nitrogens with zero attached hydrogens (tertiary/aromatic N) is 2. The van der Waals surface area contributed by atoms with E-state index in [9.17, 15) is 9.59 Å². The molecule has 2 aromatic rings. The van der Waals surface area contributed by atoms with Crippen LogP contribution in [0.15, 0.2) is 23.0 Å². The van der Waals surface area contributed by atoms with E-state index in [1.54, 1.807) is 15.5 Å². The molecule has 0 N–H and O–H groups in total. The zero-order chi connectivity index (χ0) is 16.4. The molecule has 1 aromatic heterocycles. The molecule has 1 aromatic carbocycles. The third-order valence-electron chi connectivity index (χ3n) is 4.16. The summed E-state index contributed by atoms with van der Waals surface area (Å²) in [4.78, 5) is 26.6. The first-order chi connectivity index (χ1) is 10.4. The Labute approximate surface area is 131 Å². The van der Waals surface area contributed by atoms with Gasteiger partial charge >= 0.3 is 0 Å². The summed E-state index contributed by atoms with van der Waals surface area (Å²) in [7, 11) is 0. The van der Waals surface area contributed by atoms with Crippen molar-refractivity contribution in [2.75, 3.05) is 13.1 Å². The van der Waals surface area contributed by atoms with Gasteiger partial charge < -0.3 is 4.90 Å². The molecule has 0 radical (unpaired) electrons. The van der Waals surface area contributed by atoms with Crippen molar-refractivity contribution in [3.05, 3.63) is 45.2 Å². The SMILES string of the molecule is CCN(CC)C(=O)Cn1c(=O)cc(C)c2cc(C)cc(C)c21. The first-order valence-corrected chi connectivity index (χ1v) is 7.78. The van der Waals surface area contributed by atoms with Crippen LogP contribution in [0.4, 0.5) is 0 Å². The van der Waals surface area contributed by atoms with Crippen molar-refractivity contribution in [1.29, 1.82) is 0 Å². The van der Waals surface area contributed by atoms with E-state index in [-0.39, 0.29) is 18.0 Å². The summed E-state index contributed by atoms with van der Waals surface area (Å²) in [5, 5.41) is 1.05. The van der Waals surface area contributed by atoms with Gasteiger partial charge in [-0.2, -0.15) is 0 Å². The largest absolute Gasteiger partial charge is 0.342 e. The number of rotatable bonds is 4. The second-order valence-electron chi connectivity index (χ2n) is 5.80. The van der Waals surface area contributed by atoms with Crippen molar-refractivity contribution in [3.8, 4) is 0 Å². The number of aryl methyl sites for hydroxylation is 3. The molecule has 0 fully saturated rings. The molecule has 0 aliphatic rings. The van der Waals surface area contributed by atoms with E-state index in [1.165, 1.54) is 0 Å². The minimum absolute atomic E-state index is 0.0165. The van der Waals surface area contributed by atoms with Crippen LogP contribution >= 0.6 is 0 Å². The van der Waals surface area contributed by atoms with Crippen LogP contribution in [0.5, 0.6) is 0 Å². The molecule has 0 bridgehead atoms. The van der Waals surface area contributed by atoms with E-state index in [0.29, 0.717) is 13.1 Å². The fourth-order valence-corrected chi connectivity index (χ4v) is 3.04. The van der Waals surface area contributed by atoms with Gasteiger partial charge in [-0.25, -0.2) is 0 Å². The highest BCUT2D eigenvalue weighted by molar-refractivity contribution is 5.87. The Kier molecular flexibility index (Phi) is 4.69. The molecule has 22 heavy (non-hydrogen) atoms. The van der Waals surface area contributed by atoms with Crippen molar-refractivity contribution < 1.29 is 4.79 Å². The lowest BCUT2D eigenvalue weighted by Gasteiger charge is -2.21. The highest BCUT2D eigenvalue weighted by atomic mass is 16.2. The van der Waals surface area contributed by atoms with E-state index < -0.39 is 0 Å².